The van der Waals surface area contributed by atoms with Crippen LogP contribution in [0, 0.1) is 6.92 Å². The fourth-order valence-electron chi connectivity index (χ4n) is 3.81. The van der Waals surface area contributed by atoms with Gasteiger partial charge < -0.3 is 5.32 Å². The highest BCUT2D eigenvalue weighted by Crippen LogP contribution is 2.32. The molecule has 1 N–H and O–H groups in total. The smallest absolute Gasteiger partial charge is 0.271 e. The molecule has 2 aromatic heterocycles. The second kappa shape index (κ2) is 10.5. The van der Waals surface area contributed by atoms with Crippen molar-refractivity contribution in [2.75, 3.05) is 19.4 Å². The van der Waals surface area contributed by atoms with Gasteiger partial charge >= 0.3 is 0 Å². The molecule has 0 saturated heterocycles. The SMILES string of the molecule is CC.Cc1cc(SN(C)C)ccc1Nc1ncc2cc(Cl)c(=O)n(C3CCCC3)c2n1. The number of benzene rings is 1. The third-order valence-corrected chi connectivity index (χ3v) is 6.25. The summed E-state index contributed by atoms with van der Waals surface area (Å²) in [4.78, 5) is 23.1. The molecule has 1 aromatic carbocycles. The number of nitrogens with one attached hydrogen (secondary N) is 1. The van der Waals surface area contributed by atoms with E-state index in [1.54, 1.807) is 28.8 Å². The Kier molecular flexibility index (Phi) is 7.97. The van der Waals surface area contributed by atoms with Gasteiger partial charge in [-0.1, -0.05) is 38.3 Å². The molecule has 1 fully saturated rings. The summed E-state index contributed by atoms with van der Waals surface area (Å²) in [6.07, 6.45) is 5.93. The average molecular weight is 460 g/mol. The zero-order chi connectivity index (χ0) is 22.5. The van der Waals surface area contributed by atoms with Crippen molar-refractivity contribution in [1.29, 1.82) is 0 Å². The number of aryl methyl sites for hydroxylation is 1. The molecule has 4 rings (SSSR count). The van der Waals surface area contributed by atoms with Crippen LogP contribution in [0.2, 0.25) is 5.02 Å². The summed E-state index contributed by atoms with van der Waals surface area (Å²) in [5.41, 5.74) is 2.51. The number of fused-ring (bicyclic) bond motifs is 1. The van der Waals surface area contributed by atoms with Gasteiger partial charge in [0.05, 0.1) is 0 Å². The van der Waals surface area contributed by atoms with Gasteiger partial charge in [0.1, 0.15) is 10.7 Å². The molecule has 31 heavy (non-hydrogen) atoms. The molecule has 3 aromatic rings. The first-order chi connectivity index (χ1) is 14.9. The number of hydrogen-bond acceptors (Lipinski definition) is 6. The first-order valence-corrected chi connectivity index (χ1v) is 11.9. The van der Waals surface area contributed by atoms with Gasteiger partial charge in [-0.3, -0.25) is 13.7 Å². The van der Waals surface area contributed by atoms with Crippen LogP contribution in [0.1, 0.15) is 51.1 Å². The quantitative estimate of drug-likeness (QED) is 0.458. The summed E-state index contributed by atoms with van der Waals surface area (Å²) in [5, 5.41) is 4.30. The fraction of sp³-hybridized carbons (Fsp3) is 0.435. The van der Waals surface area contributed by atoms with Crippen LogP contribution >= 0.6 is 23.5 Å². The van der Waals surface area contributed by atoms with Crippen molar-refractivity contribution in [2.24, 2.45) is 0 Å². The molecule has 166 valence electrons. The van der Waals surface area contributed by atoms with Gasteiger partial charge in [0, 0.05) is 28.2 Å². The van der Waals surface area contributed by atoms with Gasteiger partial charge in [0.25, 0.3) is 5.56 Å². The summed E-state index contributed by atoms with van der Waals surface area (Å²) < 4.78 is 3.82. The predicted molar refractivity (Wildman–Crippen MR) is 132 cm³/mol. The third kappa shape index (κ3) is 5.40. The molecule has 0 radical (unpaired) electrons. The van der Waals surface area contributed by atoms with Crippen LogP contribution in [-0.2, 0) is 0 Å². The summed E-state index contributed by atoms with van der Waals surface area (Å²) in [5.74, 6) is 0.474. The van der Waals surface area contributed by atoms with Crippen molar-refractivity contribution in [3.05, 3.63) is 51.4 Å². The molecule has 0 atom stereocenters. The van der Waals surface area contributed by atoms with E-state index in [0.29, 0.717) is 11.6 Å². The van der Waals surface area contributed by atoms with Gasteiger partial charge in [-0.15, -0.1) is 0 Å². The number of aromatic nitrogens is 3. The number of pyridine rings is 1. The minimum atomic E-state index is -0.169. The Hall–Kier alpha value is -2.09. The highest BCUT2D eigenvalue weighted by molar-refractivity contribution is 7.97. The topological polar surface area (TPSA) is 63.1 Å². The summed E-state index contributed by atoms with van der Waals surface area (Å²) >= 11 is 7.87. The second-order valence-corrected chi connectivity index (χ2v) is 9.38. The van der Waals surface area contributed by atoms with Crippen molar-refractivity contribution in [3.8, 4) is 0 Å². The molecule has 2 heterocycles. The van der Waals surface area contributed by atoms with E-state index in [4.69, 9.17) is 16.6 Å². The minimum Gasteiger partial charge on any atom is -0.324 e. The third-order valence-electron chi connectivity index (χ3n) is 5.15. The Morgan fingerprint density at radius 3 is 2.55 bits per heavy atom. The van der Waals surface area contributed by atoms with E-state index in [1.807, 2.05) is 34.0 Å². The lowest BCUT2D eigenvalue weighted by molar-refractivity contribution is 0.516. The predicted octanol–water partition coefficient (Wildman–Crippen LogP) is 6.21. The standard InChI is InChI=1S/C21H24ClN5OS.C2H6/c1-13-10-16(29-26(2)3)8-9-18(13)24-21-23-12-14-11-17(22)20(28)27(19(14)25-21)15-6-4-5-7-15;1-2/h8-12,15H,4-7H2,1-3H3,(H,23,24,25);1-2H3. The maximum atomic E-state index is 12.8. The van der Waals surface area contributed by atoms with E-state index >= 15 is 0 Å². The first kappa shape index (κ1) is 23.6. The number of hydrogen-bond donors (Lipinski definition) is 1. The Morgan fingerprint density at radius 2 is 1.90 bits per heavy atom. The molecule has 1 aliphatic carbocycles. The highest BCUT2D eigenvalue weighted by atomic mass is 35.5. The van der Waals surface area contributed by atoms with Crippen molar-refractivity contribution in [1.82, 2.24) is 18.8 Å². The van der Waals surface area contributed by atoms with Gasteiger partial charge in [-0.2, -0.15) is 4.98 Å². The van der Waals surface area contributed by atoms with Crippen molar-refractivity contribution < 1.29 is 0 Å². The lowest BCUT2D eigenvalue weighted by atomic mass is 10.2. The van der Waals surface area contributed by atoms with Crippen LogP contribution < -0.4 is 10.9 Å². The Morgan fingerprint density at radius 1 is 1.19 bits per heavy atom. The van der Waals surface area contributed by atoms with Crippen LogP contribution in [0.5, 0.6) is 0 Å². The molecule has 0 unspecified atom stereocenters. The fourth-order valence-corrected chi connectivity index (χ4v) is 4.80. The van der Waals surface area contributed by atoms with Crippen molar-refractivity contribution in [3.63, 3.8) is 0 Å². The van der Waals surface area contributed by atoms with Gasteiger partial charge in [-0.05, 0) is 75.6 Å². The van der Waals surface area contributed by atoms with E-state index < -0.39 is 0 Å². The molecule has 0 bridgehead atoms. The molecule has 0 aliphatic heterocycles. The monoisotopic (exact) mass is 459 g/mol. The number of anilines is 2. The zero-order valence-corrected chi connectivity index (χ0v) is 20.3. The number of rotatable bonds is 5. The van der Waals surface area contributed by atoms with E-state index in [9.17, 15) is 4.79 Å². The highest BCUT2D eigenvalue weighted by Gasteiger charge is 2.22. The lowest BCUT2D eigenvalue weighted by Crippen LogP contribution is -2.25. The van der Waals surface area contributed by atoms with Gasteiger partial charge in [0.2, 0.25) is 5.95 Å². The minimum absolute atomic E-state index is 0.149. The zero-order valence-electron chi connectivity index (χ0n) is 18.8. The largest absolute Gasteiger partial charge is 0.324 e. The van der Waals surface area contributed by atoms with Crippen molar-refractivity contribution >= 4 is 46.2 Å². The Bertz CT molecular complexity index is 1110. The van der Waals surface area contributed by atoms with E-state index in [2.05, 4.69) is 33.7 Å². The molecule has 0 amide bonds. The average Bonchev–Trinajstić information content (AvgIpc) is 3.27. The Labute approximate surface area is 193 Å². The van der Waals surface area contributed by atoms with Crippen LogP contribution in [0.25, 0.3) is 11.0 Å². The molecular weight excluding hydrogens is 430 g/mol. The van der Waals surface area contributed by atoms with Crippen molar-refractivity contribution in [2.45, 2.75) is 57.4 Å². The number of nitrogens with zero attached hydrogens (tertiary/aromatic N) is 4. The maximum absolute atomic E-state index is 12.8. The number of halogens is 1. The molecule has 6 nitrogen and oxygen atoms in total. The van der Waals surface area contributed by atoms with Gasteiger partial charge in [0.15, 0.2) is 0 Å². The van der Waals surface area contributed by atoms with E-state index in [1.165, 1.54) is 4.90 Å². The lowest BCUT2D eigenvalue weighted by Gasteiger charge is -2.17. The van der Waals surface area contributed by atoms with Crippen LogP contribution in [-0.4, -0.2) is 32.9 Å². The van der Waals surface area contributed by atoms with Crippen LogP contribution in [0.3, 0.4) is 0 Å². The molecule has 1 saturated carbocycles. The first-order valence-electron chi connectivity index (χ1n) is 10.7. The normalized spacial score (nSPS) is 14.0. The molecule has 1 aliphatic rings. The van der Waals surface area contributed by atoms with Crippen LogP contribution in [0.4, 0.5) is 11.6 Å². The maximum Gasteiger partial charge on any atom is 0.271 e. The molecule has 0 spiro atoms. The molecular formula is C23H30ClN5OS. The van der Waals surface area contributed by atoms with Crippen LogP contribution in [0.15, 0.2) is 40.2 Å². The second-order valence-electron chi connectivity index (χ2n) is 7.58. The summed E-state index contributed by atoms with van der Waals surface area (Å²) in [6.45, 7) is 6.05. The summed E-state index contributed by atoms with van der Waals surface area (Å²) in [7, 11) is 4.04. The molecule has 8 heteroatoms. The Balaban J connectivity index is 0.00000132. The van der Waals surface area contributed by atoms with E-state index in [0.717, 1.165) is 42.3 Å². The van der Waals surface area contributed by atoms with Gasteiger partial charge in [-0.25, -0.2) is 4.98 Å². The van der Waals surface area contributed by atoms with E-state index in [-0.39, 0.29) is 16.6 Å². The summed E-state index contributed by atoms with van der Waals surface area (Å²) in [6, 6.07) is 8.03.